The molecule has 2 aromatic rings. The number of ether oxygens (including phenoxy) is 1. The molecule has 0 aliphatic carbocycles. The normalized spacial score (nSPS) is 16.4. The number of hydrogen-bond donors (Lipinski definition) is 0. The summed E-state index contributed by atoms with van der Waals surface area (Å²) in [4.78, 5) is 14.7. The van der Waals surface area contributed by atoms with E-state index in [1.165, 1.54) is 0 Å². The van der Waals surface area contributed by atoms with Gasteiger partial charge in [0.15, 0.2) is 0 Å². The lowest BCUT2D eigenvalue weighted by atomic mass is 10.1. The summed E-state index contributed by atoms with van der Waals surface area (Å²) in [6.45, 7) is 1.45. The van der Waals surface area contributed by atoms with Crippen molar-refractivity contribution in [3.63, 3.8) is 0 Å². The fraction of sp³-hybridized carbons (Fsp3) is 0.316. The van der Waals surface area contributed by atoms with E-state index in [9.17, 15) is 9.00 Å². The van der Waals surface area contributed by atoms with E-state index in [1.807, 2.05) is 54.6 Å². The molecule has 1 aliphatic heterocycles. The second kappa shape index (κ2) is 8.63. The SMILES string of the molecule is O=C(OCc1ccccc1)N1CCC(S(=O)c2ccc(Br)cc2)CC1. The van der Waals surface area contributed by atoms with Crippen LogP contribution in [0.15, 0.2) is 64.0 Å². The summed E-state index contributed by atoms with van der Waals surface area (Å²) in [5.41, 5.74) is 0.974. The van der Waals surface area contributed by atoms with Crippen LogP contribution >= 0.6 is 15.9 Å². The summed E-state index contributed by atoms with van der Waals surface area (Å²) in [6, 6.07) is 17.2. The van der Waals surface area contributed by atoms with Crippen molar-refractivity contribution in [3.05, 3.63) is 64.6 Å². The first-order valence-corrected chi connectivity index (χ1v) is 10.3. The fourth-order valence-corrected chi connectivity index (χ4v) is 4.52. The van der Waals surface area contributed by atoms with Crippen LogP contribution in [-0.4, -0.2) is 33.5 Å². The van der Waals surface area contributed by atoms with Crippen molar-refractivity contribution >= 4 is 32.8 Å². The molecule has 1 heterocycles. The molecule has 0 N–H and O–H groups in total. The Morgan fingerprint density at radius 1 is 1.08 bits per heavy atom. The van der Waals surface area contributed by atoms with Crippen LogP contribution in [0.25, 0.3) is 0 Å². The minimum Gasteiger partial charge on any atom is -0.445 e. The third-order valence-electron chi connectivity index (χ3n) is 4.25. The number of halogens is 1. The Morgan fingerprint density at radius 3 is 2.36 bits per heavy atom. The van der Waals surface area contributed by atoms with E-state index < -0.39 is 10.8 Å². The highest BCUT2D eigenvalue weighted by Gasteiger charge is 2.27. The number of nitrogens with zero attached hydrogens (tertiary/aromatic N) is 1. The number of hydrogen-bond acceptors (Lipinski definition) is 3. The predicted octanol–water partition coefficient (Wildman–Crippen LogP) is 4.36. The highest BCUT2D eigenvalue weighted by molar-refractivity contribution is 9.10. The molecule has 1 saturated heterocycles. The summed E-state index contributed by atoms with van der Waals surface area (Å²) in [7, 11) is -1.04. The van der Waals surface area contributed by atoms with E-state index in [2.05, 4.69) is 15.9 Å². The van der Waals surface area contributed by atoms with Gasteiger partial charge in [-0.15, -0.1) is 0 Å². The number of carbonyl (C=O) groups excluding carboxylic acids is 1. The molecule has 1 unspecified atom stereocenters. The third kappa shape index (κ3) is 4.92. The van der Waals surface area contributed by atoms with Gasteiger partial charge in [0.2, 0.25) is 0 Å². The molecule has 1 amide bonds. The molecule has 3 rings (SSSR count). The molecule has 132 valence electrons. The number of likely N-dealkylation sites (tertiary alicyclic amines) is 1. The standard InChI is InChI=1S/C19H20BrNO3S/c20-16-6-8-17(9-7-16)25(23)18-10-12-21(13-11-18)19(22)24-14-15-4-2-1-3-5-15/h1-9,18H,10-14H2. The Balaban J connectivity index is 1.48. The number of rotatable bonds is 4. The van der Waals surface area contributed by atoms with Crippen LogP contribution in [0.2, 0.25) is 0 Å². The van der Waals surface area contributed by atoms with Gasteiger partial charge in [-0.3, -0.25) is 4.21 Å². The largest absolute Gasteiger partial charge is 0.445 e. The molecule has 0 saturated carbocycles. The molecule has 4 nitrogen and oxygen atoms in total. The average Bonchev–Trinajstić information content (AvgIpc) is 2.67. The zero-order chi connectivity index (χ0) is 17.6. The topological polar surface area (TPSA) is 46.6 Å². The average molecular weight is 422 g/mol. The fourth-order valence-electron chi connectivity index (χ4n) is 2.82. The second-order valence-corrected chi connectivity index (χ2v) is 8.63. The maximum atomic E-state index is 12.7. The Morgan fingerprint density at radius 2 is 1.72 bits per heavy atom. The van der Waals surface area contributed by atoms with Gasteiger partial charge >= 0.3 is 6.09 Å². The van der Waals surface area contributed by atoms with Crippen molar-refractivity contribution in [2.75, 3.05) is 13.1 Å². The summed E-state index contributed by atoms with van der Waals surface area (Å²) < 4.78 is 19.0. The lowest BCUT2D eigenvalue weighted by Crippen LogP contribution is -2.41. The van der Waals surface area contributed by atoms with E-state index in [0.29, 0.717) is 13.1 Å². The predicted molar refractivity (Wildman–Crippen MR) is 102 cm³/mol. The van der Waals surface area contributed by atoms with Crippen molar-refractivity contribution in [1.29, 1.82) is 0 Å². The zero-order valence-electron chi connectivity index (χ0n) is 13.8. The van der Waals surface area contributed by atoms with Crippen molar-refractivity contribution in [3.8, 4) is 0 Å². The highest BCUT2D eigenvalue weighted by Crippen LogP contribution is 2.23. The summed E-state index contributed by atoms with van der Waals surface area (Å²) in [6.07, 6.45) is 1.16. The van der Waals surface area contributed by atoms with Gasteiger partial charge in [-0.05, 0) is 42.7 Å². The molecule has 25 heavy (non-hydrogen) atoms. The van der Waals surface area contributed by atoms with Gasteiger partial charge < -0.3 is 9.64 Å². The maximum Gasteiger partial charge on any atom is 0.410 e. The maximum absolute atomic E-state index is 12.7. The van der Waals surface area contributed by atoms with Gasteiger partial charge in [0.25, 0.3) is 0 Å². The molecular weight excluding hydrogens is 402 g/mol. The molecule has 0 radical (unpaired) electrons. The molecule has 1 fully saturated rings. The van der Waals surface area contributed by atoms with Crippen LogP contribution in [0.5, 0.6) is 0 Å². The van der Waals surface area contributed by atoms with Crippen LogP contribution in [0, 0.1) is 0 Å². The molecule has 0 spiro atoms. The van der Waals surface area contributed by atoms with Crippen molar-refractivity contribution in [2.45, 2.75) is 29.6 Å². The van der Waals surface area contributed by atoms with Gasteiger partial charge in [-0.25, -0.2) is 4.79 Å². The molecule has 2 aromatic carbocycles. The first-order chi connectivity index (χ1) is 12.1. The minimum atomic E-state index is -1.04. The van der Waals surface area contributed by atoms with E-state index in [1.54, 1.807) is 4.90 Å². The summed E-state index contributed by atoms with van der Waals surface area (Å²) >= 11 is 3.39. The molecule has 0 bridgehead atoms. The highest BCUT2D eigenvalue weighted by atomic mass is 79.9. The molecule has 6 heteroatoms. The summed E-state index contributed by atoms with van der Waals surface area (Å²) in [5.74, 6) is 0. The molecular formula is C19H20BrNO3S. The Labute approximate surface area is 158 Å². The van der Waals surface area contributed by atoms with E-state index in [0.717, 1.165) is 27.8 Å². The lowest BCUT2D eigenvalue weighted by molar-refractivity contribution is 0.0899. The number of piperidine rings is 1. The van der Waals surface area contributed by atoms with Crippen LogP contribution in [0.3, 0.4) is 0 Å². The smallest absolute Gasteiger partial charge is 0.410 e. The first-order valence-electron chi connectivity index (χ1n) is 8.25. The Bertz CT molecular complexity index is 728. The molecule has 0 aromatic heterocycles. The Hall–Kier alpha value is -1.66. The molecule has 1 atom stereocenters. The molecule has 1 aliphatic rings. The number of benzene rings is 2. The van der Waals surface area contributed by atoms with Gasteiger partial charge in [0.05, 0.1) is 10.8 Å². The van der Waals surface area contributed by atoms with Crippen LogP contribution < -0.4 is 0 Å². The van der Waals surface area contributed by atoms with E-state index in [4.69, 9.17) is 4.74 Å². The van der Waals surface area contributed by atoms with Crippen LogP contribution in [0.4, 0.5) is 4.79 Å². The summed E-state index contributed by atoms with van der Waals surface area (Å²) in [5, 5.41) is 0.0827. The van der Waals surface area contributed by atoms with Gasteiger partial charge in [0, 0.05) is 27.7 Å². The van der Waals surface area contributed by atoms with E-state index in [-0.39, 0.29) is 18.0 Å². The second-order valence-electron chi connectivity index (χ2n) is 5.98. The van der Waals surface area contributed by atoms with Crippen molar-refractivity contribution in [2.24, 2.45) is 0 Å². The zero-order valence-corrected chi connectivity index (χ0v) is 16.2. The quantitative estimate of drug-likeness (QED) is 0.736. The minimum absolute atomic E-state index is 0.0827. The van der Waals surface area contributed by atoms with Crippen LogP contribution in [-0.2, 0) is 22.1 Å². The van der Waals surface area contributed by atoms with Gasteiger partial charge in [-0.2, -0.15) is 0 Å². The lowest BCUT2D eigenvalue weighted by Gasteiger charge is -2.30. The monoisotopic (exact) mass is 421 g/mol. The number of carbonyl (C=O) groups is 1. The van der Waals surface area contributed by atoms with Crippen molar-refractivity contribution in [1.82, 2.24) is 4.90 Å². The van der Waals surface area contributed by atoms with Gasteiger partial charge in [0.1, 0.15) is 6.61 Å². The third-order valence-corrected chi connectivity index (χ3v) is 6.60. The van der Waals surface area contributed by atoms with Gasteiger partial charge in [-0.1, -0.05) is 46.3 Å². The van der Waals surface area contributed by atoms with Crippen molar-refractivity contribution < 1.29 is 13.7 Å². The van der Waals surface area contributed by atoms with E-state index >= 15 is 0 Å². The first kappa shape index (κ1) is 18.1. The number of amides is 1. The Kier molecular flexibility index (Phi) is 6.26. The van der Waals surface area contributed by atoms with Crippen LogP contribution in [0.1, 0.15) is 18.4 Å².